The number of hydrogen-bond donors (Lipinski definition) is 0. The molecule has 0 saturated carbocycles. The van der Waals surface area contributed by atoms with Crippen molar-refractivity contribution in [2.24, 2.45) is 0 Å². The fourth-order valence-corrected chi connectivity index (χ4v) is 2.86. The zero-order valence-electron chi connectivity index (χ0n) is 13.5. The van der Waals surface area contributed by atoms with E-state index in [9.17, 15) is 0 Å². The Kier molecular flexibility index (Phi) is 4.45. The molecule has 0 bridgehead atoms. The summed E-state index contributed by atoms with van der Waals surface area (Å²) in [7, 11) is 3.83. The predicted molar refractivity (Wildman–Crippen MR) is 85.9 cm³/mol. The average Bonchev–Trinajstić information content (AvgIpc) is 2.99. The van der Waals surface area contributed by atoms with Crippen LogP contribution in [-0.4, -0.2) is 54.6 Å². The van der Waals surface area contributed by atoms with Crippen molar-refractivity contribution in [3.05, 3.63) is 36.4 Å². The Labute approximate surface area is 131 Å². The number of aromatic nitrogens is 1. The van der Waals surface area contributed by atoms with Crippen molar-refractivity contribution in [3.8, 4) is 17.1 Å². The van der Waals surface area contributed by atoms with E-state index in [1.807, 2.05) is 24.3 Å². The molecule has 0 aliphatic carbocycles. The van der Waals surface area contributed by atoms with Crippen LogP contribution in [0.15, 0.2) is 34.9 Å². The Morgan fingerprint density at radius 1 is 1.27 bits per heavy atom. The summed E-state index contributed by atoms with van der Waals surface area (Å²) in [6, 6.07) is 8.36. The summed E-state index contributed by atoms with van der Waals surface area (Å²) in [6.07, 6.45) is 1.80. The quantitative estimate of drug-likeness (QED) is 0.868. The number of hydrogen-bond acceptors (Lipinski definition) is 5. The molecular formula is C17H23N3O2. The molecule has 0 spiro atoms. The second kappa shape index (κ2) is 6.50. The summed E-state index contributed by atoms with van der Waals surface area (Å²) in [6.45, 7) is 6.26. The predicted octanol–water partition coefficient (Wildman–Crippen LogP) is 2.49. The summed E-state index contributed by atoms with van der Waals surface area (Å²) in [5.74, 6) is 2.43. The Bertz CT molecular complexity index is 609. The molecule has 1 aliphatic heterocycles. The van der Waals surface area contributed by atoms with E-state index < -0.39 is 0 Å². The van der Waals surface area contributed by atoms with E-state index in [2.05, 4.69) is 28.8 Å². The fraction of sp³-hybridized carbons (Fsp3) is 0.471. The molecule has 2 heterocycles. The van der Waals surface area contributed by atoms with Crippen molar-refractivity contribution >= 4 is 0 Å². The fourth-order valence-electron chi connectivity index (χ4n) is 2.86. The van der Waals surface area contributed by atoms with Crippen molar-refractivity contribution in [1.29, 1.82) is 0 Å². The van der Waals surface area contributed by atoms with Crippen LogP contribution in [0.3, 0.4) is 0 Å². The van der Waals surface area contributed by atoms with Crippen LogP contribution in [0.1, 0.15) is 12.8 Å². The van der Waals surface area contributed by atoms with E-state index in [0.717, 1.165) is 49.1 Å². The highest BCUT2D eigenvalue weighted by molar-refractivity contribution is 5.57. The molecule has 1 aliphatic rings. The molecule has 0 radical (unpaired) electrons. The number of benzene rings is 1. The molecule has 1 fully saturated rings. The lowest BCUT2D eigenvalue weighted by Crippen LogP contribution is -2.49. The molecule has 1 aromatic heterocycles. The Morgan fingerprint density at radius 2 is 2.05 bits per heavy atom. The third kappa shape index (κ3) is 3.31. The number of rotatable bonds is 4. The van der Waals surface area contributed by atoms with E-state index in [1.165, 1.54) is 0 Å². The maximum Gasteiger partial charge on any atom is 0.209 e. The van der Waals surface area contributed by atoms with E-state index in [0.29, 0.717) is 6.04 Å². The SMILES string of the molecule is COc1ccc(-c2cnc(CN3CCN(C)C[C@@H]3C)o2)cc1. The van der Waals surface area contributed by atoms with E-state index in [1.54, 1.807) is 13.3 Å². The highest BCUT2D eigenvalue weighted by atomic mass is 16.5. The Hall–Kier alpha value is -1.85. The van der Waals surface area contributed by atoms with Gasteiger partial charge in [0.1, 0.15) is 5.75 Å². The van der Waals surface area contributed by atoms with Gasteiger partial charge < -0.3 is 14.1 Å². The number of piperazine rings is 1. The van der Waals surface area contributed by atoms with Gasteiger partial charge in [0.05, 0.1) is 19.9 Å². The first-order valence-electron chi connectivity index (χ1n) is 7.67. The lowest BCUT2D eigenvalue weighted by Gasteiger charge is -2.37. The summed E-state index contributed by atoms with van der Waals surface area (Å²) in [5.41, 5.74) is 1.02. The first-order chi connectivity index (χ1) is 10.7. The van der Waals surface area contributed by atoms with Gasteiger partial charge in [-0.05, 0) is 38.2 Å². The summed E-state index contributed by atoms with van der Waals surface area (Å²) < 4.78 is 11.1. The number of oxazole rings is 1. The second-order valence-electron chi connectivity index (χ2n) is 5.93. The lowest BCUT2D eigenvalue weighted by molar-refractivity contribution is 0.0861. The Balaban J connectivity index is 1.68. The zero-order valence-corrected chi connectivity index (χ0v) is 13.5. The first kappa shape index (κ1) is 15.1. The first-order valence-corrected chi connectivity index (χ1v) is 7.67. The van der Waals surface area contributed by atoms with Crippen LogP contribution in [0, 0.1) is 0 Å². The molecule has 1 saturated heterocycles. The Morgan fingerprint density at radius 3 is 2.73 bits per heavy atom. The smallest absolute Gasteiger partial charge is 0.209 e. The van der Waals surface area contributed by atoms with Gasteiger partial charge in [-0.1, -0.05) is 0 Å². The molecule has 3 rings (SSSR count). The summed E-state index contributed by atoms with van der Waals surface area (Å²) >= 11 is 0. The van der Waals surface area contributed by atoms with Gasteiger partial charge in [0.2, 0.25) is 5.89 Å². The largest absolute Gasteiger partial charge is 0.497 e. The van der Waals surface area contributed by atoms with Gasteiger partial charge in [-0.2, -0.15) is 0 Å². The lowest BCUT2D eigenvalue weighted by atomic mass is 10.2. The molecule has 5 nitrogen and oxygen atoms in total. The topological polar surface area (TPSA) is 41.7 Å². The monoisotopic (exact) mass is 301 g/mol. The van der Waals surface area contributed by atoms with Crippen LogP contribution >= 0.6 is 0 Å². The number of ether oxygens (including phenoxy) is 1. The van der Waals surface area contributed by atoms with Crippen LogP contribution in [0.4, 0.5) is 0 Å². The van der Waals surface area contributed by atoms with E-state index >= 15 is 0 Å². The molecule has 2 aromatic rings. The molecule has 0 amide bonds. The van der Waals surface area contributed by atoms with Crippen LogP contribution in [0.5, 0.6) is 5.75 Å². The van der Waals surface area contributed by atoms with Gasteiger partial charge in [-0.25, -0.2) is 4.98 Å². The minimum atomic E-state index is 0.523. The zero-order chi connectivity index (χ0) is 15.5. The molecule has 1 atom stereocenters. The van der Waals surface area contributed by atoms with E-state index in [-0.39, 0.29) is 0 Å². The van der Waals surface area contributed by atoms with Crippen LogP contribution in [0.2, 0.25) is 0 Å². The van der Waals surface area contributed by atoms with Crippen molar-refractivity contribution in [2.75, 3.05) is 33.8 Å². The van der Waals surface area contributed by atoms with Gasteiger partial charge >= 0.3 is 0 Å². The summed E-state index contributed by atoms with van der Waals surface area (Å²) in [4.78, 5) is 9.21. The van der Waals surface area contributed by atoms with Crippen molar-refractivity contribution in [1.82, 2.24) is 14.8 Å². The normalized spacial score (nSPS) is 20.2. The minimum absolute atomic E-state index is 0.523. The molecule has 1 aromatic carbocycles. The summed E-state index contributed by atoms with van der Waals surface area (Å²) in [5, 5.41) is 0. The van der Waals surface area contributed by atoms with Crippen LogP contribution in [0.25, 0.3) is 11.3 Å². The molecule has 5 heteroatoms. The van der Waals surface area contributed by atoms with Gasteiger partial charge in [-0.15, -0.1) is 0 Å². The minimum Gasteiger partial charge on any atom is -0.497 e. The van der Waals surface area contributed by atoms with Gasteiger partial charge in [0, 0.05) is 31.2 Å². The maximum absolute atomic E-state index is 5.91. The van der Waals surface area contributed by atoms with Crippen molar-refractivity contribution in [3.63, 3.8) is 0 Å². The van der Waals surface area contributed by atoms with Gasteiger partial charge in [-0.3, -0.25) is 4.90 Å². The highest BCUT2D eigenvalue weighted by Gasteiger charge is 2.22. The van der Waals surface area contributed by atoms with Crippen molar-refractivity contribution < 1.29 is 9.15 Å². The van der Waals surface area contributed by atoms with Crippen LogP contribution < -0.4 is 4.74 Å². The molecule has 118 valence electrons. The van der Waals surface area contributed by atoms with Crippen molar-refractivity contribution in [2.45, 2.75) is 19.5 Å². The van der Waals surface area contributed by atoms with Crippen LogP contribution in [-0.2, 0) is 6.54 Å². The van der Waals surface area contributed by atoms with E-state index in [4.69, 9.17) is 9.15 Å². The maximum atomic E-state index is 5.91. The number of nitrogens with zero attached hydrogens (tertiary/aromatic N) is 3. The molecule has 0 unspecified atom stereocenters. The number of likely N-dealkylation sites (N-methyl/N-ethyl adjacent to an activating group) is 1. The van der Waals surface area contributed by atoms with Gasteiger partial charge in [0.15, 0.2) is 5.76 Å². The molecule has 22 heavy (non-hydrogen) atoms. The third-order valence-corrected chi connectivity index (χ3v) is 4.23. The standard InChI is InChI=1S/C17H23N3O2/c1-13-11-19(2)8-9-20(13)12-17-18-10-16(22-17)14-4-6-15(21-3)7-5-14/h4-7,10,13H,8-9,11-12H2,1-3H3/t13-/m0/s1. The second-order valence-corrected chi connectivity index (χ2v) is 5.93. The third-order valence-electron chi connectivity index (χ3n) is 4.23. The highest BCUT2D eigenvalue weighted by Crippen LogP contribution is 2.24. The van der Waals surface area contributed by atoms with Gasteiger partial charge in [0.25, 0.3) is 0 Å². The average molecular weight is 301 g/mol. The molecular weight excluding hydrogens is 278 g/mol. The number of methoxy groups -OCH3 is 1. The molecule has 0 N–H and O–H groups in total.